The maximum Gasteiger partial charge on any atom is 0.235 e. The molecule has 3 rings (SSSR count). The molecule has 1 fully saturated rings. The molecule has 0 atom stereocenters. The van der Waals surface area contributed by atoms with E-state index in [9.17, 15) is 4.79 Å². The molecule has 1 saturated heterocycles. The third kappa shape index (κ3) is 5.79. The van der Waals surface area contributed by atoms with Crippen LogP contribution in [0.5, 0.6) is 5.75 Å². The van der Waals surface area contributed by atoms with Gasteiger partial charge in [0, 0.05) is 32.4 Å². The number of carbonyl (C=O) groups is 1. The third-order valence-corrected chi connectivity index (χ3v) is 6.35. The highest BCUT2D eigenvalue weighted by molar-refractivity contribution is 6.32. The summed E-state index contributed by atoms with van der Waals surface area (Å²) in [6, 6.07) is 13.5. The van der Waals surface area contributed by atoms with E-state index in [4.69, 9.17) is 25.8 Å². The van der Waals surface area contributed by atoms with Crippen LogP contribution in [0.25, 0.3) is 0 Å². The van der Waals surface area contributed by atoms with Crippen molar-refractivity contribution in [2.24, 2.45) is 0 Å². The summed E-state index contributed by atoms with van der Waals surface area (Å²) in [7, 11) is 1.69. The Morgan fingerprint density at radius 1 is 1.19 bits per heavy atom. The van der Waals surface area contributed by atoms with Gasteiger partial charge < -0.3 is 19.5 Å². The summed E-state index contributed by atoms with van der Waals surface area (Å²) in [4.78, 5) is 13.5. The number of nitrogens with one attached hydrogen (secondary N) is 1. The highest BCUT2D eigenvalue weighted by Crippen LogP contribution is 2.37. The van der Waals surface area contributed by atoms with Crippen molar-refractivity contribution in [2.45, 2.75) is 51.0 Å². The maximum absolute atomic E-state index is 13.5. The first-order chi connectivity index (χ1) is 14.8. The Labute approximate surface area is 190 Å². The molecule has 1 amide bonds. The lowest BCUT2D eigenvalue weighted by molar-refractivity contribution is -0.125. The molecule has 31 heavy (non-hydrogen) atoms. The van der Waals surface area contributed by atoms with Crippen molar-refractivity contribution in [3.05, 3.63) is 58.6 Å². The molecule has 5 nitrogen and oxygen atoms in total. The Kier molecular flexibility index (Phi) is 7.63. The Bertz CT molecular complexity index is 906. The highest BCUT2D eigenvalue weighted by atomic mass is 35.5. The summed E-state index contributed by atoms with van der Waals surface area (Å²) < 4.78 is 16.8. The molecule has 0 aliphatic carbocycles. The number of halogens is 1. The molecular formula is C25H32ClNO4. The first kappa shape index (κ1) is 23.6. The molecule has 1 aliphatic rings. The van der Waals surface area contributed by atoms with Crippen molar-refractivity contribution < 1.29 is 19.0 Å². The van der Waals surface area contributed by atoms with E-state index in [1.807, 2.05) is 45.0 Å². The van der Waals surface area contributed by atoms with E-state index in [0.29, 0.717) is 49.1 Å². The van der Waals surface area contributed by atoms with Gasteiger partial charge in [0.2, 0.25) is 5.91 Å². The number of hydrogen-bond acceptors (Lipinski definition) is 4. The van der Waals surface area contributed by atoms with Crippen molar-refractivity contribution in [3.63, 3.8) is 0 Å². The largest absolute Gasteiger partial charge is 0.492 e. The second kappa shape index (κ2) is 10.0. The Morgan fingerprint density at radius 3 is 2.58 bits per heavy atom. The van der Waals surface area contributed by atoms with Crippen LogP contribution in [0, 0.1) is 6.92 Å². The summed E-state index contributed by atoms with van der Waals surface area (Å²) in [6.45, 7) is 7.68. The zero-order chi connectivity index (χ0) is 22.5. The molecule has 1 aliphatic heterocycles. The van der Waals surface area contributed by atoms with Gasteiger partial charge >= 0.3 is 0 Å². The van der Waals surface area contributed by atoms with Crippen molar-refractivity contribution >= 4 is 23.2 Å². The van der Waals surface area contributed by atoms with Crippen LogP contribution in [0.15, 0.2) is 42.5 Å². The highest BCUT2D eigenvalue weighted by Gasteiger charge is 2.41. The topological polar surface area (TPSA) is 56.8 Å². The average Bonchev–Trinajstić information content (AvgIpc) is 2.75. The number of methoxy groups -OCH3 is 1. The minimum atomic E-state index is -0.613. The summed E-state index contributed by atoms with van der Waals surface area (Å²) >= 11 is 6.43. The van der Waals surface area contributed by atoms with Gasteiger partial charge in [-0.05, 0) is 57.4 Å². The number of amides is 1. The molecule has 0 saturated carbocycles. The van der Waals surface area contributed by atoms with Crippen LogP contribution < -0.4 is 10.1 Å². The molecule has 0 aromatic heterocycles. The molecule has 0 radical (unpaired) electrons. The fourth-order valence-electron chi connectivity index (χ4n) is 3.76. The fourth-order valence-corrected chi connectivity index (χ4v) is 4.00. The van der Waals surface area contributed by atoms with Gasteiger partial charge in [0.15, 0.2) is 0 Å². The molecule has 6 heteroatoms. The Balaban J connectivity index is 1.73. The molecule has 1 N–H and O–H groups in total. The van der Waals surface area contributed by atoms with Crippen molar-refractivity contribution in [1.82, 2.24) is 0 Å². The van der Waals surface area contributed by atoms with E-state index in [1.165, 1.54) is 0 Å². The molecule has 0 spiro atoms. The Hall–Kier alpha value is -2.08. The number of rotatable bonds is 8. The van der Waals surface area contributed by atoms with E-state index in [-0.39, 0.29) is 11.5 Å². The van der Waals surface area contributed by atoms with Crippen LogP contribution in [0.3, 0.4) is 0 Å². The number of hydrogen-bond donors (Lipinski definition) is 1. The quantitative estimate of drug-likeness (QED) is 0.580. The number of carbonyl (C=O) groups excluding carboxylic acids is 1. The summed E-state index contributed by atoms with van der Waals surface area (Å²) in [5, 5.41) is 3.54. The van der Waals surface area contributed by atoms with E-state index in [0.717, 1.165) is 17.5 Å². The molecule has 1 heterocycles. The number of anilines is 1. The lowest BCUT2D eigenvalue weighted by atomic mass is 9.73. The van der Waals surface area contributed by atoms with Crippen LogP contribution in [0.1, 0.15) is 44.2 Å². The second-order valence-electron chi connectivity index (χ2n) is 8.73. The number of aryl methyl sites for hydroxylation is 1. The normalized spacial score (nSPS) is 16.0. The second-order valence-corrected chi connectivity index (χ2v) is 9.13. The van der Waals surface area contributed by atoms with E-state index >= 15 is 0 Å². The van der Waals surface area contributed by atoms with Gasteiger partial charge in [0.25, 0.3) is 0 Å². The predicted molar refractivity (Wildman–Crippen MR) is 124 cm³/mol. The van der Waals surface area contributed by atoms with Gasteiger partial charge in [-0.1, -0.05) is 41.4 Å². The van der Waals surface area contributed by atoms with Gasteiger partial charge in [-0.25, -0.2) is 0 Å². The molecular weight excluding hydrogens is 414 g/mol. The SMILES string of the molecule is COC(C)(C)CCOc1ccc(NC(=O)C2(c3cccc(C)c3)CCOCC2)cc1Cl. The minimum Gasteiger partial charge on any atom is -0.492 e. The van der Waals surface area contributed by atoms with Crippen molar-refractivity contribution in [1.29, 1.82) is 0 Å². The van der Waals surface area contributed by atoms with Gasteiger partial charge in [-0.15, -0.1) is 0 Å². The van der Waals surface area contributed by atoms with Crippen LogP contribution >= 0.6 is 11.6 Å². The summed E-state index contributed by atoms with van der Waals surface area (Å²) in [6.07, 6.45) is 2.03. The lowest BCUT2D eigenvalue weighted by Gasteiger charge is -2.36. The van der Waals surface area contributed by atoms with E-state index in [1.54, 1.807) is 19.2 Å². The molecule has 0 bridgehead atoms. The smallest absolute Gasteiger partial charge is 0.235 e. The van der Waals surface area contributed by atoms with Gasteiger partial charge in [-0.3, -0.25) is 4.79 Å². The van der Waals surface area contributed by atoms with Crippen LogP contribution in [0.4, 0.5) is 5.69 Å². The molecule has 0 unspecified atom stereocenters. The van der Waals surface area contributed by atoms with Crippen molar-refractivity contribution in [2.75, 3.05) is 32.2 Å². The fraction of sp³-hybridized carbons (Fsp3) is 0.480. The zero-order valence-electron chi connectivity index (χ0n) is 18.8. The Morgan fingerprint density at radius 2 is 1.94 bits per heavy atom. The monoisotopic (exact) mass is 445 g/mol. The van der Waals surface area contributed by atoms with Gasteiger partial charge in [0.05, 0.1) is 22.6 Å². The van der Waals surface area contributed by atoms with Gasteiger partial charge in [-0.2, -0.15) is 0 Å². The molecule has 2 aromatic rings. The first-order valence-corrected chi connectivity index (χ1v) is 11.1. The minimum absolute atomic E-state index is 0.0343. The van der Waals surface area contributed by atoms with Crippen LogP contribution in [-0.4, -0.2) is 38.4 Å². The summed E-state index contributed by atoms with van der Waals surface area (Å²) in [5.41, 5.74) is 1.95. The maximum atomic E-state index is 13.5. The standard InChI is InChI=1S/C25H32ClNO4/c1-18-6-5-7-19(16-18)25(11-13-30-14-12-25)23(28)27-20-8-9-22(21(26)17-20)31-15-10-24(2,3)29-4/h5-9,16-17H,10-15H2,1-4H3,(H,27,28). The first-order valence-electron chi connectivity index (χ1n) is 10.7. The molecule has 2 aromatic carbocycles. The lowest BCUT2D eigenvalue weighted by Crippen LogP contribution is -2.44. The number of benzene rings is 2. The third-order valence-electron chi connectivity index (χ3n) is 6.06. The van der Waals surface area contributed by atoms with Gasteiger partial charge in [0.1, 0.15) is 5.75 Å². The predicted octanol–water partition coefficient (Wildman–Crippen LogP) is 5.53. The zero-order valence-corrected chi connectivity index (χ0v) is 19.6. The summed E-state index contributed by atoms with van der Waals surface area (Å²) in [5.74, 6) is 0.555. The molecule has 168 valence electrons. The van der Waals surface area contributed by atoms with Crippen molar-refractivity contribution in [3.8, 4) is 5.75 Å². The van der Waals surface area contributed by atoms with E-state index < -0.39 is 5.41 Å². The van der Waals surface area contributed by atoms with E-state index in [2.05, 4.69) is 11.4 Å². The average molecular weight is 446 g/mol. The van der Waals surface area contributed by atoms with Crippen LogP contribution in [-0.2, 0) is 19.7 Å². The number of ether oxygens (including phenoxy) is 3. The van der Waals surface area contributed by atoms with Crippen LogP contribution in [0.2, 0.25) is 5.02 Å².